The van der Waals surface area contributed by atoms with Crippen molar-refractivity contribution in [1.82, 2.24) is 14.4 Å². The highest BCUT2D eigenvalue weighted by atomic mass is 16.3. The van der Waals surface area contributed by atoms with Gasteiger partial charge in [0.05, 0.1) is 29.7 Å². The molecular weight excluding hydrogens is 370 g/mol. The molecule has 1 unspecified atom stereocenters. The fourth-order valence-corrected chi connectivity index (χ4v) is 5.57. The third kappa shape index (κ3) is 3.02. The second-order valence-corrected chi connectivity index (χ2v) is 9.12. The molecule has 152 valence electrons. The zero-order valence-electron chi connectivity index (χ0n) is 17.1. The number of imidazole rings is 1. The lowest BCUT2D eigenvalue weighted by atomic mass is 9.74. The van der Waals surface area contributed by atoms with E-state index in [0.29, 0.717) is 17.8 Å². The molecule has 1 atom stereocenters. The third-order valence-corrected chi connectivity index (χ3v) is 7.32. The second kappa shape index (κ2) is 7.21. The maximum absolute atomic E-state index is 11.5. The van der Waals surface area contributed by atoms with Crippen molar-refractivity contribution in [2.75, 3.05) is 0 Å². The molecule has 0 saturated heterocycles. The van der Waals surface area contributed by atoms with E-state index in [9.17, 15) is 5.11 Å². The highest BCUT2D eigenvalue weighted by molar-refractivity contribution is 5.82. The summed E-state index contributed by atoms with van der Waals surface area (Å²) in [5.41, 5.74) is 6.06. The van der Waals surface area contributed by atoms with Gasteiger partial charge in [-0.25, -0.2) is 4.98 Å². The zero-order valence-corrected chi connectivity index (χ0v) is 17.1. The van der Waals surface area contributed by atoms with E-state index in [4.69, 9.17) is 0 Å². The van der Waals surface area contributed by atoms with Crippen LogP contribution < -0.4 is 0 Å². The van der Waals surface area contributed by atoms with E-state index < -0.39 is 6.10 Å². The molecule has 1 N–H and O–H groups in total. The molecule has 30 heavy (non-hydrogen) atoms. The number of hydrogen-bond acceptors (Lipinski definition) is 3. The Morgan fingerprint density at radius 2 is 1.70 bits per heavy atom. The number of hydrogen-bond donors (Lipinski definition) is 1. The standard InChI is InChI=1S/C26H27N3O/c30-26(25-21(18-6-7-18)12-14-29-16-27-15-24(25)29)19-10-8-17(9-11-19)20-3-1-5-23-22(20)4-2-13-28-23/h1-5,12-19,26,30H,6-11H2. The predicted octanol–water partition coefficient (Wildman–Crippen LogP) is 5.77. The minimum absolute atomic E-state index is 0.313. The van der Waals surface area contributed by atoms with E-state index in [2.05, 4.69) is 50.9 Å². The minimum Gasteiger partial charge on any atom is -0.388 e. The first-order valence-corrected chi connectivity index (χ1v) is 11.3. The molecule has 2 fully saturated rings. The third-order valence-electron chi connectivity index (χ3n) is 7.32. The van der Waals surface area contributed by atoms with Crippen LogP contribution in [0.25, 0.3) is 16.4 Å². The lowest BCUT2D eigenvalue weighted by molar-refractivity contribution is 0.0811. The Bertz CT molecular complexity index is 1200. The van der Waals surface area contributed by atoms with Gasteiger partial charge in [-0.1, -0.05) is 18.2 Å². The second-order valence-electron chi connectivity index (χ2n) is 9.12. The molecule has 4 aromatic rings. The van der Waals surface area contributed by atoms with Gasteiger partial charge in [-0.3, -0.25) is 4.98 Å². The summed E-state index contributed by atoms with van der Waals surface area (Å²) < 4.78 is 2.05. The van der Waals surface area contributed by atoms with Gasteiger partial charge in [-0.15, -0.1) is 0 Å². The summed E-state index contributed by atoms with van der Waals surface area (Å²) in [4.78, 5) is 8.86. The summed E-state index contributed by atoms with van der Waals surface area (Å²) in [5, 5.41) is 12.8. The van der Waals surface area contributed by atoms with E-state index >= 15 is 0 Å². The van der Waals surface area contributed by atoms with E-state index in [1.54, 1.807) is 0 Å². The molecule has 0 radical (unpaired) electrons. The highest BCUT2D eigenvalue weighted by Gasteiger charge is 2.34. The molecular formula is C26H27N3O. The van der Waals surface area contributed by atoms with Crippen molar-refractivity contribution < 1.29 is 5.11 Å². The van der Waals surface area contributed by atoms with E-state index in [1.807, 2.05) is 24.8 Å². The van der Waals surface area contributed by atoms with Gasteiger partial charge in [0.15, 0.2) is 0 Å². The molecule has 0 spiro atoms. The first-order chi connectivity index (χ1) is 14.8. The van der Waals surface area contributed by atoms with Crippen LogP contribution in [0.4, 0.5) is 0 Å². The first-order valence-electron chi connectivity index (χ1n) is 11.3. The Kier molecular flexibility index (Phi) is 4.34. The molecule has 1 aromatic carbocycles. The van der Waals surface area contributed by atoms with Crippen LogP contribution in [0.3, 0.4) is 0 Å². The molecule has 3 aromatic heterocycles. The Labute approximate surface area is 176 Å². The SMILES string of the molecule is OC(c1c(C2CC2)ccn2cncc12)C1CCC(c2cccc3ncccc23)CC1. The molecule has 4 nitrogen and oxygen atoms in total. The molecule has 3 heterocycles. The summed E-state index contributed by atoms with van der Waals surface area (Å²) in [6.07, 6.45) is 14.2. The fraction of sp³-hybridized carbons (Fsp3) is 0.385. The van der Waals surface area contributed by atoms with Gasteiger partial charge in [-0.2, -0.15) is 0 Å². The molecule has 0 amide bonds. The largest absolute Gasteiger partial charge is 0.388 e. The molecule has 0 bridgehead atoms. The van der Waals surface area contributed by atoms with Crippen molar-refractivity contribution in [2.24, 2.45) is 5.92 Å². The lowest BCUT2D eigenvalue weighted by Gasteiger charge is -2.33. The van der Waals surface area contributed by atoms with Crippen molar-refractivity contribution in [2.45, 2.75) is 56.5 Å². The Hall–Kier alpha value is -2.72. The zero-order chi connectivity index (χ0) is 20.1. The molecule has 2 aliphatic rings. The molecule has 6 rings (SSSR count). The lowest BCUT2D eigenvalue weighted by Crippen LogP contribution is -2.21. The average Bonchev–Trinajstić information content (AvgIpc) is 3.54. The van der Waals surface area contributed by atoms with Crippen LogP contribution in [-0.2, 0) is 0 Å². The average molecular weight is 398 g/mol. The van der Waals surface area contributed by atoms with E-state index in [-0.39, 0.29) is 0 Å². The number of rotatable bonds is 4. The monoisotopic (exact) mass is 397 g/mol. The molecule has 0 aliphatic heterocycles. The van der Waals surface area contributed by atoms with Crippen molar-refractivity contribution >= 4 is 16.4 Å². The number of nitrogens with zero attached hydrogens (tertiary/aromatic N) is 3. The van der Waals surface area contributed by atoms with Gasteiger partial charge in [0.25, 0.3) is 0 Å². The smallest absolute Gasteiger partial charge is 0.0992 e. The van der Waals surface area contributed by atoms with Crippen molar-refractivity contribution in [3.8, 4) is 0 Å². The highest BCUT2D eigenvalue weighted by Crippen LogP contribution is 2.48. The maximum atomic E-state index is 11.5. The van der Waals surface area contributed by atoms with Crippen LogP contribution in [0, 0.1) is 5.92 Å². The Morgan fingerprint density at radius 3 is 2.53 bits per heavy atom. The van der Waals surface area contributed by atoms with Gasteiger partial charge in [0, 0.05) is 23.3 Å². The van der Waals surface area contributed by atoms with Gasteiger partial charge >= 0.3 is 0 Å². The molecule has 2 aliphatic carbocycles. The maximum Gasteiger partial charge on any atom is 0.0992 e. The van der Waals surface area contributed by atoms with Gasteiger partial charge in [-0.05, 0) is 85.6 Å². The Morgan fingerprint density at radius 1 is 0.900 bits per heavy atom. The first kappa shape index (κ1) is 18.1. The molecule has 4 heteroatoms. The van der Waals surface area contributed by atoms with Crippen LogP contribution in [0.2, 0.25) is 0 Å². The van der Waals surface area contributed by atoms with Gasteiger partial charge < -0.3 is 9.51 Å². The Balaban J connectivity index is 1.27. The minimum atomic E-state index is -0.406. The van der Waals surface area contributed by atoms with Crippen molar-refractivity contribution in [3.05, 3.63) is 78.0 Å². The van der Waals surface area contributed by atoms with Crippen LogP contribution in [0.5, 0.6) is 0 Å². The number of benzene rings is 1. The van der Waals surface area contributed by atoms with Crippen molar-refractivity contribution in [3.63, 3.8) is 0 Å². The topological polar surface area (TPSA) is 50.4 Å². The number of aliphatic hydroxyl groups excluding tert-OH is 1. The number of aromatic nitrogens is 3. The van der Waals surface area contributed by atoms with Crippen LogP contribution in [0.1, 0.15) is 73.2 Å². The van der Waals surface area contributed by atoms with Crippen LogP contribution in [-0.4, -0.2) is 19.5 Å². The van der Waals surface area contributed by atoms with E-state index in [1.165, 1.54) is 29.4 Å². The summed E-state index contributed by atoms with van der Waals surface area (Å²) in [5.74, 6) is 1.48. The molecule has 2 saturated carbocycles. The summed E-state index contributed by atoms with van der Waals surface area (Å²) in [7, 11) is 0. The van der Waals surface area contributed by atoms with E-state index in [0.717, 1.165) is 42.3 Å². The summed E-state index contributed by atoms with van der Waals surface area (Å²) in [6.45, 7) is 0. The number of aliphatic hydroxyl groups is 1. The number of pyridine rings is 2. The van der Waals surface area contributed by atoms with Crippen LogP contribution in [0.15, 0.2) is 61.3 Å². The quantitative estimate of drug-likeness (QED) is 0.476. The van der Waals surface area contributed by atoms with Crippen molar-refractivity contribution in [1.29, 1.82) is 0 Å². The van der Waals surface area contributed by atoms with Gasteiger partial charge in [0.1, 0.15) is 0 Å². The normalized spacial score (nSPS) is 23.1. The summed E-state index contributed by atoms with van der Waals surface area (Å²) >= 11 is 0. The summed E-state index contributed by atoms with van der Waals surface area (Å²) in [6, 6.07) is 12.9. The van der Waals surface area contributed by atoms with Crippen LogP contribution >= 0.6 is 0 Å². The predicted molar refractivity (Wildman–Crippen MR) is 119 cm³/mol. The van der Waals surface area contributed by atoms with Gasteiger partial charge in [0.2, 0.25) is 0 Å². The fourth-order valence-electron chi connectivity index (χ4n) is 5.57. The number of fused-ring (bicyclic) bond motifs is 2.